The van der Waals surface area contributed by atoms with Crippen molar-refractivity contribution >= 4 is 16.0 Å². The number of hydrogen-bond acceptors (Lipinski definition) is 8. The lowest BCUT2D eigenvalue weighted by Gasteiger charge is -2.43. The van der Waals surface area contributed by atoms with Gasteiger partial charge in [-0.05, 0) is 12.1 Å². The highest BCUT2D eigenvalue weighted by molar-refractivity contribution is 7.86. The maximum Gasteiger partial charge on any atom is 0.264 e. The van der Waals surface area contributed by atoms with Crippen molar-refractivity contribution in [2.45, 2.75) is 30.6 Å². The highest BCUT2D eigenvalue weighted by atomic mass is 32.2. The Morgan fingerprint density at radius 3 is 2.48 bits per heavy atom. The zero-order valence-corrected chi connectivity index (χ0v) is 14.7. The molecular formula is C15H22N2O7S. The standard InChI is InChI=1S/C15H22N2O7S/c1-22-13-11(17-14(18)9-6-4-3-5-7-9)15(19)23-10(8-16)12(13)24-25(2,20)21/h3-7,10-13,15,19H,8,16H2,1-2H3,(H,17,18)/t10-,11-,12-,13+,15-/m1/s1. The van der Waals surface area contributed by atoms with Crippen molar-refractivity contribution in [3.8, 4) is 0 Å². The molecule has 25 heavy (non-hydrogen) atoms. The Labute approximate surface area is 146 Å². The number of benzene rings is 1. The number of hydrogen-bond donors (Lipinski definition) is 3. The van der Waals surface area contributed by atoms with Crippen LogP contribution >= 0.6 is 0 Å². The number of aliphatic hydroxyl groups is 1. The van der Waals surface area contributed by atoms with Gasteiger partial charge in [-0.3, -0.25) is 8.98 Å². The Bertz CT molecular complexity index is 682. The van der Waals surface area contributed by atoms with E-state index in [-0.39, 0.29) is 6.54 Å². The maximum absolute atomic E-state index is 12.3. The van der Waals surface area contributed by atoms with Crippen LogP contribution in [0.25, 0.3) is 0 Å². The Balaban J connectivity index is 2.24. The van der Waals surface area contributed by atoms with Gasteiger partial charge in [-0.2, -0.15) is 8.42 Å². The molecule has 2 rings (SSSR count). The van der Waals surface area contributed by atoms with E-state index in [2.05, 4.69) is 5.32 Å². The second-order valence-electron chi connectivity index (χ2n) is 5.63. The van der Waals surface area contributed by atoms with Gasteiger partial charge in [-0.15, -0.1) is 0 Å². The molecule has 0 bridgehead atoms. The molecular weight excluding hydrogens is 352 g/mol. The summed E-state index contributed by atoms with van der Waals surface area (Å²) in [6.45, 7) is -0.101. The lowest BCUT2D eigenvalue weighted by Crippen LogP contribution is -2.66. The van der Waals surface area contributed by atoms with Crippen molar-refractivity contribution in [1.29, 1.82) is 0 Å². The van der Waals surface area contributed by atoms with Crippen LogP contribution in [-0.4, -0.2) is 70.0 Å². The predicted octanol–water partition coefficient (Wildman–Crippen LogP) is -1.18. The van der Waals surface area contributed by atoms with Crippen LogP contribution in [0, 0.1) is 0 Å². The minimum atomic E-state index is -3.84. The Morgan fingerprint density at radius 2 is 1.96 bits per heavy atom. The fourth-order valence-corrected chi connectivity index (χ4v) is 3.32. The monoisotopic (exact) mass is 374 g/mol. The second-order valence-corrected chi connectivity index (χ2v) is 7.23. The number of rotatable bonds is 6. The molecule has 1 heterocycles. The molecule has 1 amide bonds. The van der Waals surface area contributed by atoms with Gasteiger partial charge in [0.15, 0.2) is 6.29 Å². The van der Waals surface area contributed by atoms with Gasteiger partial charge in [0.2, 0.25) is 0 Å². The van der Waals surface area contributed by atoms with Crippen molar-refractivity contribution in [2.24, 2.45) is 5.73 Å². The molecule has 5 atom stereocenters. The molecule has 0 radical (unpaired) electrons. The summed E-state index contributed by atoms with van der Waals surface area (Å²) in [5.74, 6) is -0.473. The number of methoxy groups -OCH3 is 1. The molecule has 0 aromatic heterocycles. The number of carbonyl (C=O) groups excluding carboxylic acids is 1. The molecule has 0 aliphatic carbocycles. The van der Waals surface area contributed by atoms with Gasteiger partial charge in [0.1, 0.15) is 24.4 Å². The maximum atomic E-state index is 12.3. The quantitative estimate of drug-likeness (QED) is 0.529. The normalized spacial score (nSPS) is 30.0. The van der Waals surface area contributed by atoms with Crippen molar-refractivity contribution in [3.63, 3.8) is 0 Å². The topological polar surface area (TPSA) is 137 Å². The number of amides is 1. The third-order valence-corrected chi connectivity index (χ3v) is 4.36. The largest absolute Gasteiger partial charge is 0.376 e. The molecule has 1 aromatic rings. The molecule has 10 heteroatoms. The van der Waals surface area contributed by atoms with Crippen LogP contribution in [0.2, 0.25) is 0 Å². The summed E-state index contributed by atoms with van der Waals surface area (Å²) in [7, 11) is -2.53. The van der Waals surface area contributed by atoms with E-state index in [0.717, 1.165) is 6.26 Å². The number of nitrogens with two attached hydrogens (primary N) is 1. The first-order valence-electron chi connectivity index (χ1n) is 7.57. The minimum absolute atomic E-state index is 0.101. The highest BCUT2D eigenvalue weighted by Crippen LogP contribution is 2.25. The van der Waals surface area contributed by atoms with Crippen LogP contribution in [0.1, 0.15) is 10.4 Å². The average Bonchev–Trinajstić information content (AvgIpc) is 2.57. The second kappa shape index (κ2) is 8.21. The zero-order chi connectivity index (χ0) is 18.6. The lowest BCUT2D eigenvalue weighted by molar-refractivity contribution is -0.241. The van der Waals surface area contributed by atoms with Gasteiger partial charge in [0.05, 0.1) is 6.26 Å². The molecule has 1 aliphatic heterocycles. The average molecular weight is 374 g/mol. The van der Waals surface area contributed by atoms with Gasteiger partial charge in [0.25, 0.3) is 16.0 Å². The predicted molar refractivity (Wildman–Crippen MR) is 88.1 cm³/mol. The molecule has 1 saturated heterocycles. The van der Waals surface area contributed by atoms with Crippen LogP contribution in [0.15, 0.2) is 30.3 Å². The summed E-state index contributed by atoms with van der Waals surface area (Å²) in [5.41, 5.74) is 5.94. The van der Waals surface area contributed by atoms with Gasteiger partial charge in [-0.1, -0.05) is 18.2 Å². The van der Waals surface area contributed by atoms with Crippen LogP contribution in [0.4, 0.5) is 0 Å². The fraction of sp³-hybridized carbons (Fsp3) is 0.533. The van der Waals surface area contributed by atoms with Crippen LogP contribution in [0.5, 0.6) is 0 Å². The van der Waals surface area contributed by atoms with E-state index in [1.165, 1.54) is 7.11 Å². The van der Waals surface area contributed by atoms with Crippen molar-refractivity contribution in [1.82, 2.24) is 5.32 Å². The minimum Gasteiger partial charge on any atom is -0.376 e. The molecule has 1 aromatic carbocycles. The summed E-state index contributed by atoms with van der Waals surface area (Å²) < 4.78 is 38.7. The summed E-state index contributed by atoms with van der Waals surface area (Å²) in [6, 6.07) is 7.29. The third kappa shape index (κ3) is 4.97. The number of nitrogens with one attached hydrogen (secondary N) is 1. The molecule has 0 unspecified atom stereocenters. The zero-order valence-electron chi connectivity index (χ0n) is 13.9. The van der Waals surface area contributed by atoms with Crippen molar-refractivity contribution in [2.75, 3.05) is 19.9 Å². The van der Waals surface area contributed by atoms with Gasteiger partial charge in [-0.25, -0.2) is 0 Å². The van der Waals surface area contributed by atoms with Crippen LogP contribution in [-0.2, 0) is 23.8 Å². The molecule has 1 fully saturated rings. The van der Waals surface area contributed by atoms with Crippen LogP contribution < -0.4 is 11.1 Å². The van der Waals surface area contributed by atoms with E-state index in [0.29, 0.717) is 5.56 Å². The van der Waals surface area contributed by atoms with E-state index in [1.54, 1.807) is 30.3 Å². The summed E-state index contributed by atoms with van der Waals surface area (Å²) in [5, 5.41) is 12.8. The van der Waals surface area contributed by atoms with Crippen molar-refractivity contribution in [3.05, 3.63) is 35.9 Å². The molecule has 4 N–H and O–H groups in total. The Hall–Kier alpha value is -1.56. The third-order valence-electron chi connectivity index (χ3n) is 3.79. The number of ether oxygens (including phenoxy) is 2. The van der Waals surface area contributed by atoms with E-state index < -0.39 is 46.7 Å². The summed E-state index contributed by atoms with van der Waals surface area (Å²) in [4.78, 5) is 12.3. The van der Waals surface area contributed by atoms with Crippen LogP contribution in [0.3, 0.4) is 0 Å². The van der Waals surface area contributed by atoms with E-state index >= 15 is 0 Å². The highest BCUT2D eigenvalue weighted by Gasteiger charge is 2.48. The Morgan fingerprint density at radius 1 is 1.32 bits per heavy atom. The Kier molecular flexibility index (Phi) is 6.49. The van der Waals surface area contributed by atoms with Gasteiger partial charge >= 0.3 is 0 Å². The number of carbonyl (C=O) groups is 1. The lowest BCUT2D eigenvalue weighted by atomic mass is 9.96. The molecule has 0 saturated carbocycles. The summed E-state index contributed by atoms with van der Waals surface area (Å²) in [6.07, 6.45) is -3.57. The SMILES string of the molecule is CO[C@H]1[C@@H](NC(=O)c2ccccc2)[C@H](O)O[C@H](CN)[C@H]1OS(C)(=O)=O. The van der Waals surface area contributed by atoms with Gasteiger partial charge < -0.3 is 25.6 Å². The van der Waals surface area contributed by atoms with Crippen molar-refractivity contribution < 1.29 is 32.0 Å². The molecule has 1 aliphatic rings. The van der Waals surface area contributed by atoms with E-state index in [1.807, 2.05) is 0 Å². The molecule has 140 valence electrons. The van der Waals surface area contributed by atoms with E-state index in [9.17, 15) is 18.3 Å². The first-order valence-corrected chi connectivity index (χ1v) is 9.39. The first kappa shape index (κ1) is 19.8. The fourth-order valence-electron chi connectivity index (χ4n) is 2.69. The van der Waals surface area contributed by atoms with E-state index in [4.69, 9.17) is 19.4 Å². The first-order chi connectivity index (χ1) is 11.8. The summed E-state index contributed by atoms with van der Waals surface area (Å²) >= 11 is 0. The molecule has 0 spiro atoms. The van der Waals surface area contributed by atoms with Gasteiger partial charge in [0, 0.05) is 19.2 Å². The number of aliphatic hydroxyl groups excluding tert-OH is 1. The molecule has 9 nitrogen and oxygen atoms in total. The smallest absolute Gasteiger partial charge is 0.264 e.